The molecule has 0 bridgehead atoms. The number of aromatic amines is 1. The molecule has 3 heteroatoms. The van der Waals surface area contributed by atoms with Crippen molar-refractivity contribution in [2.45, 2.75) is 0 Å². The number of ether oxygens (including phenoxy) is 1. The first-order chi connectivity index (χ1) is 8.78. The van der Waals surface area contributed by atoms with E-state index in [0.717, 1.165) is 32.9 Å². The van der Waals surface area contributed by atoms with E-state index in [1.54, 1.807) is 7.11 Å². The summed E-state index contributed by atoms with van der Waals surface area (Å²) in [6, 6.07) is 15.9. The van der Waals surface area contributed by atoms with Crippen molar-refractivity contribution in [1.29, 1.82) is 0 Å². The van der Waals surface area contributed by atoms with Gasteiger partial charge in [0.2, 0.25) is 0 Å². The second-order valence-corrected chi connectivity index (χ2v) is 4.53. The number of methoxy groups -OCH3 is 1. The molecular weight excluding hydrogens is 246 g/mol. The molecule has 1 aromatic heterocycles. The van der Waals surface area contributed by atoms with E-state index in [-0.39, 0.29) is 0 Å². The Bertz CT molecular complexity index is 703. The Morgan fingerprint density at radius 2 is 1.89 bits per heavy atom. The molecule has 0 aliphatic carbocycles. The molecule has 3 rings (SSSR count). The van der Waals surface area contributed by atoms with Crippen molar-refractivity contribution in [3.05, 3.63) is 53.6 Å². The van der Waals surface area contributed by atoms with Gasteiger partial charge in [0, 0.05) is 16.6 Å². The van der Waals surface area contributed by atoms with Gasteiger partial charge in [-0.1, -0.05) is 35.9 Å². The van der Waals surface area contributed by atoms with E-state index in [1.165, 1.54) is 0 Å². The normalized spacial score (nSPS) is 10.8. The van der Waals surface area contributed by atoms with Crippen LogP contribution in [0.3, 0.4) is 0 Å². The lowest BCUT2D eigenvalue weighted by atomic mass is 10.1. The first-order valence-corrected chi connectivity index (χ1v) is 6.07. The molecule has 0 spiro atoms. The highest BCUT2D eigenvalue weighted by molar-refractivity contribution is 6.35. The molecule has 0 aliphatic rings. The highest BCUT2D eigenvalue weighted by Gasteiger charge is 2.06. The van der Waals surface area contributed by atoms with Gasteiger partial charge >= 0.3 is 0 Å². The van der Waals surface area contributed by atoms with Crippen molar-refractivity contribution in [3.8, 4) is 17.0 Å². The second-order valence-electron chi connectivity index (χ2n) is 4.12. The molecule has 2 aromatic carbocycles. The zero-order chi connectivity index (χ0) is 12.5. The number of rotatable bonds is 2. The minimum Gasteiger partial charge on any atom is -0.497 e. The summed E-state index contributed by atoms with van der Waals surface area (Å²) in [5, 5.41) is 1.85. The maximum absolute atomic E-state index is 6.16. The molecule has 0 saturated carbocycles. The number of hydrogen-bond donors (Lipinski definition) is 1. The largest absolute Gasteiger partial charge is 0.497 e. The van der Waals surface area contributed by atoms with Crippen molar-refractivity contribution in [2.24, 2.45) is 0 Å². The smallest absolute Gasteiger partial charge is 0.119 e. The number of nitrogens with one attached hydrogen (secondary N) is 1. The molecule has 0 unspecified atom stereocenters. The van der Waals surface area contributed by atoms with Crippen LogP contribution in [0, 0.1) is 0 Å². The zero-order valence-corrected chi connectivity index (χ0v) is 10.7. The van der Waals surface area contributed by atoms with Crippen LogP contribution in [-0.2, 0) is 0 Å². The van der Waals surface area contributed by atoms with Crippen molar-refractivity contribution in [1.82, 2.24) is 4.98 Å². The molecule has 2 nitrogen and oxygen atoms in total. The fourth-order valence-electron chi connectivity index (χ4n) is 2.07. The van der Waals surface area contributed by atoms with Crippen LogP contribution in [0.25, 0.3) is 22.2 Å². The molecule has 18 heavy (non-hydrogen) atoms. The SMILES string of the molecule is COc1cccc(-c2cc3cccc(Cl)c3[nH]2)c1. The Kier molecular flexibility index (Phi) is 2.73. The summed E-state index contributed by atoms with van der Waals surface area (Å²) in [6.07, 6.45) is 0. The van der Waals surface area contributed by atoms with E-state index >= 15 is 0 Å². The predicted molar refractivity (Wildman–Crippen MR) is 75.3 cm³/mol. The minimum atomic E-state index is 0.738. The Balaban J connectivity index is 2.16. The third-order valence-electron chi connectivity index (χ3n) is 2.99. The maximum Gasteiger partial charge on any atom is 0.119 e. The molecule has 90 valence electrons. The van der Waals surface area contributed by atoms with Crippen molar-refractivity contribution < 1.29 is 4.74 Å². The van der Waals surface area contributed by atoms with Crippen LogP contribution in [0.4, 0.5) is 0 Å². The molecule has 0 radical (unpaired) electrons. The highest BCUT2D eigenvalue weighted by Crippen LogP contribution is 2.29. The number of halogens is 1. The summed E-state index contributed by atoms with van der Waals surface area (Å²) in [5.41, 5.74) is 3.09. The summed E-state index contributed by atoms with van der Waals surface area (Å²) in [7, 11) is 1.67. The fourth-order valence-corrected chi connectivity index (χ4v) is 2.29. The summed E-state index contributed by atoms with van der Waals surface area (Å²) >= 11 is 6.16. The van der Waals surface area contributed by atoms with Gasteiger partial charge in [-0.3, -0.25) is 0 Å². The molecule has 0 aliphatic heterocycles. The predicted octanol–water partition coefficient (Wildman–Crippen LogP) is 4.50. The molecule has 0 amide bonds. The van der Waals surface area contributed by atoms with Crippen LogP contribution in [0.1, 0.15) is 0 Å². The van der Waals surface area contributed by atoms with Gasteiger partial charge in [0.1, 0.15) is 5.75 Å². The van der Waals surface area contributed by atoms with E-state index in [2.05, 4.69) is 11.1 Å². The summed E-state index contributed by atoms with van der Waals surface area (Å²) in [4.78, 5) is 3.34. The molecule has 0 fully saturated rings. The summed E-state index contributed by atoms with van der Waals surface area (Å²) < 4.78 is 5.23. The van der Waals surface area contributed by atoms with Crippen LogP contribution in [0.5, 0.6) is 5.75 Å². The number of H-pyrrole nitrogens is 1. The first-order valence-electron chi connectivity index (χ1n) is 5.69. The van der Waals surface area contributed by atoms with Crippen molar-refractivity contribution in [3.63, 3.8) is 0 Å². The molecule has 1 heterocycles. The lowest BCUT2D eigenvalue weighted by Crippen LogP contribution is -1.83. The van der Waals surface area contributed by atoms with E-state index in [0.29, 0.717) is 0 Å². The number of benzene rings is 2. The van der Waals surface area contributed by atoms with E-state index in [4.69, 9.17) is 16.3 Å². The van der Waals surface area contributed by atoms with Crippen molar-refractivity contribution in [2.75, 3.05) is 7.11 Å². The topological polar surface area (TPSA) is 25.0 Å². The molecule has 3 aromatic rings. The van der Waals surface area contributed by atoms with Gasteiger partial charge in [0.05, 0.1) is 17.6 Å². The van der Waals surface area contributed by atoms with Gasteiger partial charge in [0.25, 0.3) is 0 Å². The highest BCUT2D eigenvalue weighted by atomic mass is 35.5. The quantitative estimate of drug-likeness (QED) is 0.719. The lowest BCUT2D eigenvalue weighted by Gasteiger charge is -2.02. The lowest BCUT2D eigenvalue weighted by molar-refractivity contribution is 0.415. The molecule has 1 N–H and O–H groups in total. The number of hydrogen-bond acceptors (Lipinski definition) is 1. The van der Waals surface area contributed by atoms with Crippen molar-refractivity contribution >= 4 is 22.5 Å². The molecule has 0 atom stereocenters. The average molecular weight is 258 g/mol. The Hall–Kier alpha value is -1.93. The fraction of sp³-hybridized carbons (Fsp3) is 0.0667. The standard InChI is InChI=1S/C15H12ClNO/c1-18-12-6-2-4-10(8-12)14-9-11-5-3-7-13(16)15(11)17-14/h2-9,17H,1H3. The molecular formula is C15H12ClNO. The Labute approximate surface area is 110 Å². The van der Waals surface area contributed by atoms with Crippen LogP contribution in [0.15, 0.2) is 48.5 Å². The van der Waals surface area contributed by atoms with Crippen LogP contribution >= 0.6 is 11.6 Å². The van der Waals surface area contributed by atoms with Gasteiger partial charge in [0.15, 0.2) is 0 Å². The first kappa shape index (κ1) is 11.2. The minimum absolute atomic E-state index is 0.738. The van der Waals surface area contributed by atoms with E-state index in [1.807, 2.05) is 42.5 Å². The number of fused-ring (bicyclic) bond motifs is 1. The van der Waals surface area contributed by atoms with Crippen LogP contribution in [0.2, 0.25) is 5.02 Å². The second kappa shape index (κ2) is 4.39. The van der Waals surface area contributed by atoms with Gasteiger partial charge < -0.3 is 9.72 Å². The Morgan fingerprint density at radius 3 is 2.67 bits per heavy atom. The van der Waals surface area contributed by atoms with Crippen LogP contribution in [-0.4, -0.2) is 12.1 Å². The average Bonchev–Trinajstić information content (AvgIpc) is 2.84. The van der Waals surface area contributed by atoms with Crippen LogP contribution < -0.4 is 4.74 Å². The number of aromatic nitrogens is 1. The third kappa shape index (κ3) is 1.85. The summed E-state index contributed by atoms with van der Waals surface area (Å²) in [5.74, 6) is 0.845. The molecule has 0 saturated heterocycles. The Morgan fingerprint density at radius 1 is 1.06 bits per heavy atom. The van der Waals surface area contributed by atoms with Gasteiger partial charge in [-0.15, -0.1) is 0 Å². The zero-order valence-electron chi connectivity index (χ0n) is 9.91. The van der Waals surface area contributed by atoms with E-state index < -0.39 is 0 Å². The van der Waals surface area contributed by atoms with Gasteiger partial charge in [-0.05, 0) is 24.3 Å². The monoisotopic (exact) mass is 257 g/mol. The third-order valence-corrected chi connectivity index (χ3v) is 3.30. The van der Waals surface area contributed by atoms with Gasteiger partial charge in [-0.25, -0.2) is 0 Å². The van der Waals surface area contributed by atoms with E-state index in [9.17, 15) is 0 Å². The van der Waals surface area contributed by atoms with Gasteiger partial charge in [-0.2, -0.15) is 0 Å². The summed E-state index contributed by atoms with van der Waals surface area (Å²) in [6.45, 7) is 0. The maximum atomic E-state index is 6.16. The number of para-hydroxylation sites is 1.